The molecule has 0 amide bonds. The second-order valence-electron chi connectivity index (χ2n) is 2.49. The summed E-state index contributed by atoms with van der Waals surface area (Å²) in [4.78, 5) is 15.6. The van der Waals surface area contributed by atoms with Gasteiger partial charge in [0.15, 0.2) is 0 Å². The van der Waals surface area contributed by atoms with Gasteiger partial charge >= 0.3 is 5.97 Å². The zero-order valence-corrected chi connectivity index (χ0v) is 8.34. The Balaban J connectivity index is 2.96. The van der Waals surface area contributed by atoms with Crippen LogP contribution in [0.4, 0.5) is 0 Å². The van der Waals surface area contributed by atoms with Gasteiger partial charge in [-0.15, -0.1) is 11.3 Å². The number of hydrogen-bond donors (Lipinski definition) is 1. The minimum absolute atomic E-state index is 0.290. The zero-order chi connectivity index (χ0) is 10.6. The number of nitrogens with zero attached hydrogens (tertiary/aromatic N) is 2. The number of aromatic nitrogens is 1. The van der Waals surface area contributed by atoms with Crippen LogP contribution in [-0.2, 0) is 11.2 Å². The number of thiazole rings is 1. The molecule has 1 heterocycles. The number of rotatable bonds is 3. The molecule has 0 saturated heterocycles. The van der Waals surface area contributed by atoms with Crippen molar-refractivity contribution in [2.45, 2.75) is 13.3 Å². The van der Waals surface area contributed by atoms with Crippen molar-refractivity contribution in [2.75, 3.05) is 0 Å². The largest absolute Gasteiger partial charge is 0.477 e. The first kappa shape index (κ1) is 10.4. The van der Waals surface area contributed by atoms with Gasteiger partial charge in [-0.1, -0.05) is 6.92 Å². The van der Waals surface area contributed by atoms with Crippen molar-refractivity contribution in [1.82, 2.24) is 4.98 Å². The van der Waals surface area contributed by atoms with Crippen molar-refractivity contribution in [1.29, 1.82) is 5.26 Å². The molecule has 1 aromatic rings. The SMILES string of the molecule is CCc1cnc(/C=C(/C#N)C(=O)O)s1. The molecule has 0 aliphatic heterocycles. The molecule has 4 nitrogen and oxygen atoms in total. The van der Waals surface area contributed by atoms with Crippen LogP contribution in [0.2, 0.25) is 0 Å². The average Bonchev–Trinajstić information content (AvgIpc) is 2.61. The molecule has 0 spiro atoms. The standard InChI is InChI=1S/C9H8N2O2S/c1-2-7-5-11-8(14-7)3-6(4-10)9(12)13/h3,5H,2H2,1H3,(H,12,13)/b6-3-. The number of aliphatic carboxylic acids is 1. The summed E-state index contributed by atoms with van der Waals surface area (Å²) in [5.41, 5.74) is -0.290. The fourth-order valence-corrected chi connectivity index (χ4v) is 1.62. The molecular formula is C9H8N2O2S. The maximum Gasteiger partial charge on any atom is 0.346 e. The lowest BCUT2D eigenvalue weighted by atomic mass is 10.3. The van der Waals surface area contributed by atoms with Crippen LogP contribution >= 0.6 is 11.3 Å². The smallest absolute Gasteiger partial charge is 0.346 e. The Kier molecular flexibility index (Phi) is 3.37. The van der Waals surface area contributed by atoms with E-state index in [9.17, 15) is 4.79 Å². The summed E-state index contributed by atoms with van der Waals surface area (Å²) in [5, 5.41) is 17.6. The Morgan fingerprint density at radius 1 is 1.86 bits per heavy atom. The molecule has 0 unspecified atom stereocenters. The van der Waals surface area contributed by atoms with Gasteiger partial charge in [0, 0.05) is 11.1 Å². The fraction of sp³-hybridized carbons (Fsp3) is 0.222. The summed E-state index contributed by atoms with van der Waals surface area (Å²) < 4.78 is 0. The van der Waals surface area contributed by atoms with Gasteiger partial charge in [0.2, 0.25) is 0 Å². The maximum absolute atomic E-state index is 10.5. The van der Waals surface area contributed by atoms with Gasteiger partial charge in [-0.25, -0.2) is 9.78 Å². The molecule has 0 radical (unpaired) electrons. The van der Waals surface area contributed by atoms with Crippen LogP contribution in [0.3, 0.4) is 0 Å². The molecule has 1 aromatic heterocycles. The highest BCUT2D eigenvalue weighted by atomic mass is 32.1. The average molecular weight is 208 g/mol. The lowest BCUT2D eigenvalue weighted by Crippen LogP contribution is -1.96. The number of carboxylic acid groups (broad SMARTS) is 1. The molecule has 0 atom stereocenters. The number of carboxylic acids is 1. The third-order valence-electron chi connectivity index (χ3n) is 1.54. The van der Waals surface area contributed by atoms with Gasteiger partial charge in [-0.05, 0) is 12.5 Å². The Hall–Kier alpha value is -1.67. The zero-order valence-electron chi connectivity index (χ0n) is 7.52. The number of hydrogen-bond acceptors (Lipinski definition) is 4. The summed E-state index contributed by atoms with van der Waals surface area (Å²) in [6.07, 6.45) is 3.83. The first-order valence-electron chi connectivity index (χ1n) is 3.97. The van der Waals surface area contributed by atoms with E-state index in [2.05, 4.69) is 4.98 Å². The van der Waals surface area contributed by atoms with E-state index in [-0.39, 0.29) is 5.57 Å². The van der Waals surface area contributed by atoms with E-state index >= 15 is 0 Å². The summed E-state index contributed by atoms with van der Waals surface area (Å²) >= 11 is 1.39. The molecule has 1 N–H and O–H groups in total. The van der Waals surface area contributed by atoms with Gasteiger partial charge in [-0.2, -0.15) is 5.26 Å². The van der Waals surface area contributed by atoms with Crippen LogP contribution < -0.4 is 0 Å². The molecular weight excluding hydrogens is 200 g/mol. The molecule has 1 rings (SSSR count). The second-order valence-corrected chi connectivity index (χ2v) is 3.64. The van der Waals surface area contributed by atoms with Crippen molar-refractivity contribution in [3.8, 4) is 6.07 Å². The van der Waals surface area contributed by atoms with Gasteiger partial charge in [0.1, 0.15) is 16.6 Å². The third kappa shape index (κ3) is 2.41. The Morgan fingerprint density at radius 2 is 2.57 bits per heavy atom. The third-order valence-corrected chi connectivity index (χ3v) is 2.63. The predicted molar refractivity (Wildman–Crippen MR) is 52.7 cm³/mol. The van der Waals surface area contributed by atoms with Crippen LogP contribution in [0.5, 0.6) is 0 Å². The normalized spacial score (nSPS) is 11.0. The summed E-state index contributed by atoms with van der Waals surface area (Å²) in [7, 11) is 0. The molecule has 0 saturated carbocycles. The monoisotopic (exact) mass is 208 g/mol. The number of carbonyl (C=O) groups is 1. The van der Waals surface area contributed by atoms with E-state index in [4.69, 9.17) is 10.4 Å². The molecule has 14 heavy (non-hydrogen) atoms. The first-order valence-corrected chi connectivity index (χ1v) is 4.78. The first-order chi connectivity index (χ1) is 6.67. The Labute approximate surface area is 85.1 Å². The van der Waals surface area contributed by atoms with E-state index in [1.807, 2.05) is 6.92 Å². The van der Waals surface area contributed by atoms with Gasteiger partial charge < -0.3 is 5.11 Å². The molecule has 5 heteroatoms. The molecule has 0 bridgehead atoms. The summed E-state index contributed by atoms with van der Waals surface area (Å²) in [6.45, 7) is 1.99. The maximum atomic E-state index is 10.5. The molecule has 0 aromatic carbocycles. The number of nitriles is 1. The summed E-state index contributed by atoms with van der Waals surface area (Å²) in [5.74, 6) is -1.22. The van der Waals surface area contributed by atoms with Crippen molar-refractivity contribution in [2.24, 2.45) is 0 Å². The van der Waals surface area contributed by atoms with Crippen LogP contribution in [0.15, 0.2) is 11.8 Å². The topological polar surface area (TPSA) is 74.0 Å². The molecule has 0 aliphatic carbocycles. The number of aryl methyl sites for hydroxylation is 1. The van der Waals surface area contributed by atoms with Crippen molar-refractivity contribution in [3.63, 3.8) is 0 Å². The van der Waals surface area contributed by atoms with Gasteiger partial charge in [0.25, 0.3) is 0 Å². The van der Waals surface area contributed by atoms with Crippen LogP contribution in [-0.4, -0.2) is 16.1 Å². The van der Waals surface area contributed by atoms with E-state index in [0.29, 0.717) is 5.01 Å². The Bertz CT molecular complexity index is 415. The molecule has 0 fully saturated rings. The highest BCUT2D eigenvalue weighted by molar-refractivity contribution is 7.12. The summed E-state index contributed by atoms with van der Waals surface area (Å²) in [6, 6.07) is 1.61. The highest BCUT2D eigenvalue weighted by Gasteiger charge is 2.07. The van der Waals surface area contributed by atoms with Crippen molar-refractivity contribution < 1.29 is 9.90 Å². The van der Waals surface area contributed by atoms with Crippen molar-refractivity contribution in [3.05, 3.63) is 21.7 Å². The Morgan fingerprint density at radius 3 is 3.00 bits per heavy atom. The minimum Gasteiger partial charge on any atom is -0.477 e. The van der Waals surface area contributed by atoms with E-state index in [1.54, 1.807) is 12.3 Å². The van der Waals surface area contributed by atoms with Crippen LogP contribution in [0, 0.1) is 11.3 Å². The fourth-order valence-electron chi connectivity index (χ4n) is 0.818. The quantitative estimate of drug-likeness (QED) is 0.606. The van der Waals surface area contributed by atoms with E-state index < -0.39 is 5.97 Å². The highest BCUT2D eigenvalue weighted by Crippen LogP contribution is 2.16. The minimum atomic E-state index is -1.22. The van der Waals surface area contributed by atoms with Crippen molar-refractivity contribution >= 4 is 23.4 Å². The van der Waals surface area contributed by atoms with Crippen LogP contribution in [0.25, 0.3) is 6.08 Å². The van der Waals surface area contributed by atoms with Gasteiger partial charge in [-0.3, -0.25) is 0 Å². The van der Waals surface area contributed by atoms with Crippen LogP contribution in [0.1, 0.15) is 16.8 Å². The predicted octanol–water partition coefficient (Wildman–Crippen LogP) is 1.70. The lowest BCUT2D eigenvalue weighted by Gasteiger charge is -1.86. The van der Waals surface area contributed by atoms with Gasteiger partial charge in [0.05, 0.1) is 0 Å². The van der Waals surface area contributed by atoms with E-state index in [0.717, 1.165) is 11.3 Å². The lowest BCUT2D eigenvalue weighted by molar-refractivity contribution is -0.132. The second kappa shape index (κ2) is 4.53. The van der Waals surface area contributed by atoms with E-state index in [1.165, 1.54) is 17.4 Å². The molecule has 0 aliphatic rings. The molecule has 72 valence electrons.